The summed E-state index contributed by atoms with van der Waals surface area (Å²) in [4.78, 5) is 0. The van der Waals surface area contributed by atoms with Gasteiger partial charge in [0.15, 0.2) is 0 Å². The minimum atomic E-state index is 0.653. The van der Waals surface area contributed by atoms with Crippen LogP contribution in [0.15, 0.2) is 54.6 Å². The van der Waals surface area contributed by atoms with Crippen molar-refractivity contribution >= 4 is 5.57 Å². The molecule has 90 valence electrons. The molecule has 0 aromatic heterocycles. The minimum absolute atomic E-state index is 0.653. The van der Waals surface area contributed by atoms with Crippen molar-refractivity contribution in [2.24, 2.45) is 0 Å². The van der Waals surface area contributed by atoms with Crippen LogP contribution in [0.25, 0.3) is 5.57 Å². The molecule has 2 aromatic carbocycles. The highest BCUT2D eigenvalue weighted by molar-refractivity contribution is 5.75. The van der Waals surface area contributed by atoms with E-state index in [2.05, 4.69) is 12.1 Å². The van der Waals surface area contributed by atoms with Crippen LogP contribution in [0.2, 0.25) is 0 Å². The normalized spacial score (nSPS) is 15.3. The van der Waals surface area contributed by atoms with Crippen molar-refractivity contribution in [3.05, 3.63) is 60.2 Å². The highest BCUT2D eigenvalue weighted by Crippen LogP contribution is 2.36. The van der Waals surface area contributed by atoms with Gasteiger partial charge in [-0.15, -0.1) is 0 Å². The Morgan fingerprint density at radius 1 is 1.06 bits per heavy atom. The van der Waals surface area contributed by atoms with Crippen LogP contribution in [0.5, 0.6) is 17.2 Å². The number of allylic oxidation sites excluding steroid dienone is 1. The SMILES string of the molecule is C/C=C1\COc2cc(Oc3ccccc3)ccc21. The van der Waals surface area contributed by atoms with Crippen LogP contribution < -0.4 is 9.47 Å². The first kappa shape index (κ1) is 10.9. The van der Waals surface area contributed by atoms with Crippen LogP contribution in [0.3, 0.4) is 0 Å². The molecule has 0 atom stereocenters. The standard InChI is InChI=1S/C16H14O2/c1-2-12-11-17-16-10-14(8-9-15(12)16)18-13-6-4-3-5-7-13/h2-10H,11H2,1H3/b12-2+. The molecule has 0 fully saturated rings. The van der Waals surface area contributed by atoms with Crippen LogP contribution >= 0.6 is 0 Å². The van der Waals surface area contributed by atoms with Gasteiger partial charge in [-0.25, -0.2) is 0 Å². The quantitative estimate of drug-likeness (QED) is 0.777. The number of hydrogen-bond donors (Lipinski definition) is 0. The number of hydrogen-bond acceptors (Lipinski definition) is 2. The van der Waals surface area contributed by atoms with E-state index in [0.29, 0.717) is 6.61 Å². The van der Waals surface area contributed by atoms with Crippen LogP contribution in [0.1, 0.15) is 12.5 Å². The highest BCUT2D eigenvalue weighted by Gasteiger charge is 2.17. The zero-order valence-electron chi connectivity index (χ0n) is 10.2. The van der Waals surface area contributed by atoms with Gasteiger partial charge in [0, 0.05) is 11.6 Å². The fourth-order valence-corrected chi connectivity index (χ4v) is 2.05. The van der Waals surface area contributed by atoms with Crippen LogP contribution in [0, 0.1) is 0 Å². The Morgan fingerprint density at radius 2 is 1.89 bits per heavy atom. The van der Waals surface area contributed by atoms with Gasteiger partial charge in [-0.3, -0.25) is 0 Å². The fraction of sp³-hybridized carbons (Fsp3) is 0.125. The van der Waals surface area contributed by atoms with Gasteiger partial charge < -0.3 is 9.47 Å². The molecule has 0 aliphatic carbocycles. The highest BCUT2D eigenvalue weighted by atomic mass is 16.5. The second kappa shape index (κ2) is 4.57. The van der Waals surface area contributed by atoms with E-state index in [1.807, 2.05) is 49.4 Å². The molecule has 0 spiro atoms. The molecule has 1 heterocycles. The van der Waals surface area contributed by atoms with Crippen molar-refractivity contribution in [3.8, 4) is 17.2 Å². The summed E-state index contributed by atoms with van der Waals surface area (Å²) in [5, 5.41) is 0. The Morgan fingerprint density at radius 3 is 2.67 bits per heavy atom. The zero-order chi connectivity index (χ0) is 12.4. The largest absolute Gasteiger partial charge is 0.488 e. The van der Waals surface area contributed by atoms with Gasteiger partial charge in [-0.1, -0.05) is 24.3 Å². The summed E-state index contributed by atoms with van der Waals surface area (Å²) in [6.07, 6.45) is 2.09. The molecule has 0 N–H and O–H groups in total. The lowest BCUT2D eigenvalue weighted by atomic mass is 10.1. The molecule has 2 aromatic rings. The fourth-order valence-electron chi connectivity index (χ4n) is 2.05. The molecule has 3 rings (SSSR count). The Balaban J connectivity index is 1.88. The van der Waals surface area contributed by atoms with E-state index in [4.69, 9.17) is 9.47 Å². The van der Waals surface area contributed by atoms with Gasteiger partial charge in [0.25, 0.3) is 0 Å². The van der Waals surface area contributed by atoms with E-state index in [1.54, 1.807) is 0 Å². The van der Waals surface area contributed by atoms with Gasteiger partial charge in [0.2, 0.25) is 0 Å². The molecule has 2 nitrogen and oxygen atoms in total. The molecule has 0 saturated heterocycles. The Hall–Kier alpha value is -2.22. The van der Waals surface area contributed by atoms with Crippen molar-refractivity contribution < 1.29 is 9.47 Å². The Kier molecular flexibility index (Phi) is 2.77. The summed E-state index contributed by atoms with van der Waals surface area (Å²) >= 11 is 0. The van der Waals surface area contributed by atoms with E-state index in [0.717, 1.165) is 22.8 Å². The summed E-state index contributed by atoms with van der Waals surface area (Å²) < 4.78 is 11.4. The summed E-state index contributed by atoms with van der Waals surface area (Å²) in [5.74, 6) is 2.54. The van der Waals surface area contributed by atoms with Crippen molar-refractivity contribution in [1.82, 2.24) is 0 Å². The topological polar surface area (TPSA) is 18.5 Å². The van der Waals surface area contributed by atoms with Gasteiger partial charge >= 0.3 is 0 Å². The first-order valence-corrected chi connectivity index (χ1v) is 6.02. The van der Waals surface area contributed by atoms with Crippen molar-refractivity contribution in [1.29, 1.82) is 0 Å². The van der Waals surface area contributed by atoms with E-state index < -0.39 is 0 Å². The zero-order valence-corrected chi connectivity index (χ0v) is 10.2. The summed E-state index contributed by atoms with van der Waals surface area (Å²) in [7, 11) is 0. The molecule has 0 amide bonds. The Bertz CT molecular complexity index is 585. The molecule has 1 aliphatic rings. The maximum Gasteiger partial charge on any atom is 0.131 e. The molecule has 0 bridgehead atoms. The van der Waals surface area contributed by atoms with Gasteiger partial charge in [-0.05, 0) is 36.8 Å². The third kappa shape index (κ3) is 1.97. The maximum absolute atomic E-state index is 5.77. The van der Waals surface area contributed by atoms with Crippen molar-refractivity contribution in [2.75, 3.05) is 6.61 Å². The summed E-state index contributed by atoms with van der Waals surface area (Å²) in [6.45, 7) is 2.68. The van der Waals surface area contributed by atoms with E-state index in [9.17, 15) is 0 Å². The second-order valence-corrected chi connectivity index (χ2v) is 4.18. The van der Waals surface area contributed by atoms with Gasteiger partial charge in [0.1, 0.15) is 23.9 Å². The molecular weight excluding hydrogens is 224 g/mol. The van der Waals surface area contributed by atoms with E-state index in [1.165, 1.54) is 5.57 Å². The Labute approximate surface area is 106 Å². The molecule has 0 radical (unpaired) electrons. The number of rotatable bonds is 2. The first-order chi connectivity index (χ1) is 8.86. The predicted octanol–water partition coefficient (Wildman–Crippen LogP) is 4.27. The van der Waals surface area contributed by atoms with Crippen molar-refractivity contribution in [3.63, 3.8) is 0 Å². The number of fused-ring (bicyclic) bond motifs is 1. The van der Waals surface area contributed by atoms with Crippen LogP contribution in [-0.2, 0) is 0 Å². The average molecular weight is 238 g/mol. The lowest BCUT2D eigenvalue weighted by Crippen LogP contribution is -1.87. The molecule has 18 heavy (non-hydrogen) atoms. The smallest absolute Gasteiger partial charge is 0.131 e. The monoisotopic (exact) mass is 238 g/mol. The predicted molar refractivity (Wildman–Crippen MR) is 72.1 cm³/mol. The number of ether oxygens (including phenoxy) is 2. The number of para-hydroxylation sites is 1. The average Bonchev–Trinajstić information content (AvgIpc) is 2.82. The third-order valence-electron chi connectivity index (χ3n) is 3.01. The van der Waals surface area contributed by atoms with E-state index in [-0.39, 0.29) is 0 Å². The molecule has 1 aliphatic heterocycles. The third-order valence-corrected chi connectivity index (χ3v) is 3.01. The first-order valence-electron chi connectivity index (χ1n) is 6.02. The molecule has 0 saturated carbocycles. The molecular formula is C16H14O2. The van der Waals surface area contributed by atoms with Gasteiger partial charge in [0.05, 0.1) is 0 Å². The number of benzene rings is 2. The van der Waals surface area contributed by atoms with E-state index >= 15 is 0 Å². The lowest BCUT2D eigenvalue weighted by Gasteiger charge is -2.06. The summed E-state index contributed by atoms with van der Waals surface area (Å²) in [5.41, 5.74) is 2.40. The minimum Gasteiger partial charge on any atom is -0.488 e. The molecule has 0 unspecified atom stereocenters. The second-order valence-electron chi connectivity index (χ2n) is 4.18. The van der Waals surface area contributed by atoms with Crippen LogP contribution in [0.4, 0.5) is 0 Å². The van der Waals surface area contributed by atoms with Gasteiger partial charge in [-0.2, -0.15) is 0 Å². The lowest BCUT2D eigenvalue weighted by molar-refractivity contribution is 0.385. The maximum atomic E-state index is 5.77. The van der Waals surface area contributed by atoms with Crippen LogP contribution in [-0.4, -0.2) is 6.61 Å². The van der Waals surface area contributed by atoms with Crippen molar-refractivity contribution in [2.45, 2.75) is 6.92 Å². The summed E-state index contributed by atoms with van der Waals surface area (Å²) in [6, 6.07) is 15.7. The molecule has 2 heteroatoms.